The van der Waals surface area contributed by atoms with Crippen molar-refractivity contribution in [2.75, 3.05) is 0 Å². The summed E-state index contributed by atoms with van der Waals surface area (Å²) in [5.74, 6) is 0. The van der Waals surface area contributed by atoms with E-state index >= 15 is 0 Å². The maximum atomic E-state index is 11.1. The second kappa shape index (κ2) is 2.65. The lowest BCUT2D eigenvalue weighted by Crippen LogP contribution is -2.01. The van der Waals surface area contributed by atoms with E-state index in [1.807, 2.05) is 6.07 Å². The Hall–Kier alpha value is -1.84. The molecule has 60 valence electrons. The summed E-state index contributed by atoms with van der Waals surface area (Å²) in [7, 11) is 0. The van der Waals surface area contributed by atoms with Crippen LogP contribution in [0.2, 0.25) is 0 Å². The number of H-pyrrole nitrogens is 2. The molecular weight excluding hydrogens is 154 g/mol. The zero-order chi connectivity index (χ0) is 8.39. The van der Waals surface area contributed by atoms with Crippen LogP contribution < -0.4 is 5.56 Å². The number of hydrogen-bond donors (Lipinski definition) is 2. The van der Waals surface area contributed by atoms with Gasteiger partial charge in [-0.15, -0.1) is 0 Å². The number of aromatic nitrogens is 3. The van der Waals surface area contributed by atoms with Crippen molar-refractivity contribution in [1.29, 1.82) is 0 Å². The minimum Gasteiger partial charge on any atom is -0.305 e. The van der Waals surface area contributed by atoms with E-state index in [9.17, 15) is 4.79 Å². The molecule has 0 unspecified atom stereocenters. The molecule has 12 heavy (non-hydrogen) atoms. The summed E-state index contributed by atoms with van der Waals surface area (Å²) in [4.78, 5) is 15.0. The lowest BCUT2D eigenvalue weighted by atomic mass is 10.2. The molecule has 2 rings (SSSR count). The largest absolute Gasteiger partial charge is 0.305 e. The zero-order valence-corrected chi connectivity index (χ0v) is 6.24. The SMILES string of the molecule is O=c1[nH][nH]cc1-c1cccnc1. The number of nitrogens with one attached hydrogen (secondary N) is 2. The second-order valence-corrected chi connectivity index (χ2v) is 2.40. The highest BCUT2D eigenvalue weighted by atomic mass is 16.1. The van der Waals surface area contributed by atoms with Crippen LogP contribution in [0.1, 0.15) is 0 Å². The Balaban J connectivity index is 2.59. The minimum absolute atomic E-state index is 0.122. The van der Waals surface area contributed by atoms with Crippen molar-refractivity contribution in [1.82, 2.24) is 15.2 Å². The number of rotatable bonds is 1. The lowest BCUT2D eigenvalue weighted by Gasteiger charge is -1.91. The van der Waals surface area contributed by atoms with Crippen molar-refractivity contribution in [2.24, 2.45) is 0 Å². The van der Waals surface area contributed by atoms with Gasteiger partial charge in [0, 0.05) is 24.2 Å². The molecular formula is C8H7N3O. The van der Waals surface area contributed by atoms with Gasteiger partial charge >= 0.3 is 0 Å². The molecule has 0 bridgehead atoms. The van der Waals surface area contributed by atoms with Crippen molar-refractivity contribution >= 4 is 0 Å². The summed E-state index contributed by atoms with van der Waals surface area (Å²) >= 11 is 0. The Morgan fingerprint density at radius 1 is 1.42 bits per heavy atom. The zero-order valence-electron chi connectivity index (χ0n) is 6.24. The van der Waals surface area contributed by atoms with Crippen molar-refractivity contribution in [3.05, 3.63) is 41.1 Å². The van der Waals surface area contributed by atoms with Crippen molar-refractivity contribution in [3.63, 3.8) is 0 Å². The van der Waals surface area contributed by atoms with Crippen LogP contribution in [0.4, 0.5) is 0 Å². The summed E-state index contributed by atoms with van der Waals surface area (Å²) in [6.07, 6.45) is 4.95. The first-order valence-electron chi connectivity index (χ1n) is 3.54. The van der Waals surface area contributed by atoms with Gasteiger partial charge in [-0.3, -0.25) is 14.9 Å². The molecule has 0 aliphatic carbocycles. The van der Waals surface area contributed by atoms with E-state index in [0.29, 0.717) is 5.56 Å². The van der Waals surface area contributed by atoms with Gasteiger partial charge in [0.05, 0.1) is 5.56 Å². The van der Waals surface area contributed by atoms with Crippen LogP contribution in [0.25, 0.3) is 11.1 Å². The monoisotopic (exact) mass is 161 g/mol. The molecule has 4 heteroatoms. The van der Waals surface area contributed by atoms with E-state index in [1.165, 1.54) is 0 Å². The second-order valence-electron chi connectivity index (χ2n) is 2.40. The minimum atomic E-state index is -0.122. The highest BCUT2D eigenvalue weighted by Crippen LogP contribution is 2.10. The fraction of sp³-hybridized carbons (Fsp3) is 0. The van der Waals surface area contributed by atoms with Crippen LogP contribution in [0, 0.1) is 0 Å². The summed E-state index contributed by atoms with van der Waals surface area (Å²) in [5.41, 5.74) is 1.31. The van der Waals surface area contributed by atoms with E-state index in [4.69, 9.17) is 0 Å². The Bertz CT molecular complexity index is 415. The fourth-order valence-corrected chi connectivity index (χ4v) is 1.04. The van der Waals surface area contributed by atoms with Crippen LogP contribution in [0.5, 0.6) is 0 Å². The molecule has 0 saturated carbocycles. The molecule has 0 aliphatic rings. The van der Waals surface area contributed by atoms with Gasteiger partial charge in [-0.05, 0) is 6.07 Å². The molecule has 0 fully saturated rings. The average molecular weight is 161 g/mol. The van der Waals surface area contributed by atoms with E-state index in [1.54, 1.807) is 24.7 Å². The van der Waals surface area contributed by atoms with Crippen LogP contribution in [-0.4, -0.2) is 15.2 Å². The van der Waals surface area contributed by atoms with Crippen LogP contribution >= 0.6 is 0 Å². The Morgan fingerprint density at radius 2 is 2.33 bits per heavy atom. The molecule has 0 spiro atoms. The van der Waals surface area contributed by atoms with Crippen molar-refractivity contribution in [3.8, 4) is 11.1 Å². The number of nitrogens with zero attached hydrogens (tertiary/aromatic N) is 1. The van der Waals surface area contributed by atoms with Crippen LogP contribution in [0.3, 0.4) is 0 Å². The number of aromatic amines is 2. The normalized spacial score (nSPS) is 10.0. The molecule has 2 aromatic rings. The summed E-state index contributed by atoms with van der Waals surface area (Å²) in [5, 5.41) is 5.09. The van der Waals surface area contributed by atoms with Crippen molar-refractivity contribution < 1.29 is 0 Å². The maximum Gasteiger partial charge on any atom is 0.271 e. The van der Waals surface area contributed by atoms with Gasteiger partial charge in [0.25, 0.3) is 5.56 Å². The summed E-state index contributed by atoms with van der Waals surface area (Å²) in [6, 6.07) is 3.63. The van der Waals surface area contributed by atoms with Gasteiger partial charge in [0.2, 0.25) is 0 Å². The topological polar surface area (TPSA) is 61.5 Å². The highest BCUT2D eigenvalue weighted by Gasteiger charge is 2.01. The fourth-order valence-electron chi connectivity index (χ4n) is 1.04. The van der Waals surface area contributed by atoms with Crippen LogP contribution in [-0.2, 0) is 0 Å². The molecule has 2 N–H and O–H groups in total. The van der Waals surface area contributed by atoms with Gasteiger partial charge in [-0.2, -0.15) is 0 Å². The van der Waals surface area contributed by atoms with E-state index < -0.39 is 0 Å². The molecule has 0 amide bonds. The number of hydrogen-bond acceptors (Lipinski definition) is 2. The van der Waals surface area contributed by atoms with Gasteiger partial charge < -0.3 is 5.10 Å². The molecule has 2 heterocycles. The molecule has 0 aromatic carbocycles. The first-order valence-corrected chi connectivity index (χ1v) is 3.54. The van der Waals surface area contributed by atoms with E-state index in [0.717, 1.165) is 5.56 Å². The molecule has 4 nitrogen and oxygen atoms in total. The van der Waals surface area contributed by atoms with E-state index in [-0.39, 0.29) is 5.56 Å². The molecule has 0 atom stereocenters. The van der Waals surface area contributed by atoms with E-state index in [2.05, 4.69) is 15.2 Å². The molecule has 2 aromatic heterocycles. The number of pyridine rings is 1. The third kappa shape index (κ3) is 1.03. The molecule has 0 saturated heterocycles. The highest BCUT2D eigenvalue weighted by molar-refractivity contribution is 5.59. The van der Waals surface area contributed by atoms with Crippen molar-refractivity contribution in [2.45, 2.75) is 0 Å². The quantitative estimate of drug-likeness (QED) is 0.648. The van der Waals surface area contributed by atoms with Gasteiger partial charge in [-0.1, -0.05) is 6.07 Å². The first-order chi connectivity index (χ1) is 5.88. The first kappa shape index (κ1) is 6.84. The predicted octanol–water partition coefficient (Wildman–Crippen LogP) is 0.765. The average Bonchev–Trinajstić information content (AvgIpc) is 2.53. The molecule has 0 aliphatic heterocycles. The standard InChI is InChI=1S/C8H7N3O/c12-8-7(5-10-11-8)6-2-1-3-9-4-6/h1-5H,(H2,10,11,12). The van der Waals surface area contributed by atoms with Gasteiger partial charge in [0.1, 0.15) is 0 Å². The Morgan fingerprint density at radius 3 is 2.92 bits per heavy atom. The predicted molar refractivity (Wildman–Crippen MR) is 44.6 cm³/mol. The Kier molecular flexibility index (Phi) is 1.51. The van der Waals surface area contributed by atoms with Crippen LogP contribution in [0.15, 0.2) is 35.5 Å². The summed E-state index contributed by atoms with van der Waals surface area (Å²) in [6.45, 7) is 0. The van der Waals surface area contributed by atoms with Gasteiger partial charge in [0.15, 0.2) is 0 Å². The third-order valence-corrected chi connectivity index (χ3v) is 1.62. The Labute approximate surface area is 68.3 Å². The van der Waals surface area contributed by atoms with Gasteiger partial charge in [-0.25, -0.2) is 0 Å². The molecule has 0 radical (unpaired) electrons. The third-order valence-electron chi connectivity index (χ3n) is 1.62. The smallest absolute Gasteiger partial charge is 0.271 e. The lowest BCUT2D eigenvalue weighted by molar-refractivity contribution is 1.06. The summed E-state index contributed by atoms with van der Waals surface area (Å²) < 4.78 is 0. The maximum absolute atomic E-state index is 11.1.